The lowest BCUT2D eigenvalue weighted by Crippen LogP contribution is -2.38. The molecule has 0 saturated heterocycles. The molecule has 4 rings (SSSR count). The molecule has 1 unspecified atom stereocenters. The molecule has 4 heteroatoms. The normalized spacial score (nSPS) is 15.7. The van der Waals surface area contributed by atoms with Crippen LogP contribution in [0.2, 0.25) is 0 Å². The van der Waals surface area contributed by atoms with Crippen LogP contribution in [0.1, 0.15) is 27.7 Å². The summed E-state index contributed by atoms with van der Waals surface area (Å²) in [5.74, 6) is -0.0913. The second-order valence-electron chi connectivity index (χ2n) is 6.35. The first-order valence-electron chi connectivity index (χ1n) is 8.72. The third-order valence-electron chi connectivity index (χ3n) is 4.69. The molecule has 4 nitrogen and oxygen atoms in total. The molecular formula is C22H20N2O2. The highest BCUT2D eigenvalue weighted by Crippen LogP contribution is 2.30. The van der Waals surface area contributed by atoms with Crippen LogP contribution in [-0.2, 0) is 6.42 Å². The van der Waals surface area contributed by atoms with Gasteiger partial charge in [0.05, 0.1) is 5.56 Å². The summed E-state index contributed by atoms with van der Waals surface area (Å²) in [7, 11) is 0. The number of amides is 1. The van der Waals surface area contributed by atoms with E-state index in [0.717, 1.165) is 27.9 Å². The van der Waals surface area contributed by atoms with Crippen LogP contribution in [0.5, 0.6) is 0 Å². The number of carbonyl (C=O) groups is 1. The summed E-state index contributed by atoms with van der Waals surface area (Å²) in [4.78, 5) is 12.4. The summed E-state index contributed by atoms with van der Waals surface area (Å²) >= 11 is 0. The van der Waals surface area contributed by atoms with Gasteiger partial charge in [0, 0.05) is 12.3 Å². The quantitative estimate of drug-likeness (QED) is 0.676. The summed E-state index contributed by atoms with van der Waals surface area (Å²) in [6, 6.07) is 23.8. The Balaban J connectivity index is 1.71. The van der Waals surface area contributed by atoms with Gasteiger partial charge >= 0.3 is 0 Å². The van der Waals surface area contributed by atoms with Crippen molar-refractivity contribution >= 4 is 11.6 Å². The summed E-state index contributed by atoms with van der Waals surface area (Å²) in [5.41, 5.74) is 5.69. The van der Waals surface area contributed by atoms with E-state index in [1.807, 2.05) is 42.5 Å². The molecule has 3 aromatic carbocycles. The van der Waals surface area contributed by atoms with Crippen LogP contribution >= 0.6 is 0 Å². The third-order valence-corrected chi connectivity index (χ3v) is 4.69. The second-order valence-corrected chi connectivity index (χ2v) is 6.35. The number of hydrogen-bond acceptors (Lipinski definition) is 3. The number of rotatable bonds is 4. The zero-order valence-corrected chi connectivity index (χ0v) is 14.3. The molecule has 0 fully saturated rings. The lowest BCUT2D eigenvalue weighted by Gasteiger charge is -2.29. The van der Waals surface area contributed by atoms with E-state index in [-0.39, 0.29) is 18.7 Å². The Morgan fingerprint density at radius 2 is 1.62 bits per heavy atom. The van der Waals surface area contributed by atoms with Crippen molar-refractivity contribution in [2.75, 3.05) is 11.9 Å². The van der Waals surface area contributed by atoms with Crippen molar-refractivity contribution in [1.29, 1.82) is 0 Å². The molecular weight excluding hydrogens is 324 g/mol. The van der Waals surface area contributed by atoms with E-state index in [9.17, 15) is 9.90 Å². The fourth-order valence-corrected chi connectivity index (χ4v) is 3.40. The summed E-state index contributed by atoms with van der Waals surface area (Å²) < 4.78 is 0. The SMILES string of the molecule is O=C1NC(c2ccc(-c3ccccc3)cc2CCO)Nc2ccccc21. The van der Waals surface area contributed by atoms with Crippen LogP contribution in [0.4, 0.5) is 5.69 Å². The molecule has 0 aliphatic carbocycles. The van der Waals surface area contributed by atoms with E-state index in [0.29, 0.717) is 12.0 Å². The standard InChI is InChI=1S/C22H20N2O2/c25-13-12-17-14-16(15-6-2-1-3-7-15)10-11-18(17)21-23-20-9-5-4-8-19(20)22(26)24-21/h1-11,14,21,23,25H,12-13H2,(H,24,26). The number of benzene rings is 3. The van der Waals surface area contributed by atoms with Crippen LogP contribution < -0.4 is 10.6 Å². The molecule has 0 aromatic heterocycles. The Labute approximate surface area is 152 Å². The molecule has 0 bridgehead atoms. The molecule has 1 atom stereocenters. The van der Waals surface area contributed by atoms with Crippen molar-refractivity contribution < 1.29 is 9.90 Å². The Kier molecular flexibility index (Phi) is 4.42. The van der Waals surface area contributed by atoms with Gasteiger partial charge in [0.25, 0.3) is 5.91 Å². The van der Waals surface area contributed by atoms with E-state index in [2.05, 4.69) is 34.9 Å². The first-order chi connectivity index (χ1) is 12.8. The van der Waals surface area contributed by atoms with Crippen molar-refractivity contribution in [2.24, 2.45) is 0 Å². The van der Waals surface area contributed by atoms with E-state index in [4.69, 9.17) is 0 Å². The largest absolute Gasteiger partial charge is 0.396 e. The number of carbonyl (C=O) groups excluding carboxylic acids is 1. The van der Waals surface area contributed by atoms with Crippen LogP contribution in [0, 0.1) is 0 Å². The average molecular weight is 344 g/mol. The van der Waals surface area contributed by atoms with Crippen molar-refractivity contribution in [2.45, 2.75) is 12.6 Å². The number of fused-ring (bicyclic) bond motifs is 1. The summed E-state index contributed by atoms with van der Waals surface area (Å²) in [5, 5.41) is 15.9. The Bertz CT molecular complexity index is 938. The highest BCUT2D eigenvalue weighted by Gasteiger charge is 2.25. The molecule has 3 aromatic rings. The number of hydrogen-bond donors (Lipinski definition) is 3. The molecule has 130 valence electrons. The maximum Gasteiger partial charge on any atom is 0.255 e. The minimum Gasteiger partial charge on any atom is -0.396 e. The summed E-state index contributed by atoms with van der Waals surface area (Å²) in [6.07, 6.45) is 0.217. The average Bonchev–Trinajstić information content (AvgIpc) is 2.69. The summed E-state index contributed by atoms with van der Waals surface area (Å²) in [6.45, 7) is 0.0580. The van der Waals surface area contributed by atoms with Gasteiger partial charge in [0.2, 0.25) is 0 Å². The van der Waals surface area contributed by atoms with Crippen LogP contribution in [0.15, 0.2) is 72.8 Å². The van der Waals surface area contributed by atoms with E-state index < -0.39 is 0 Å². The highest BCUT2D eigenvalue weighted by atomic mass is 16.3. The molecule has 0 spiro atoms. The molecule has 1 amide bonds. The van der Waals surface area contributed by atoms with Crippen LogP contribution in [0.3, 0.4) is 0 Å². The maximum atomic E-state index is 12.4. The zero-order valence-electron chi connectivity index (χ0n) is 14.3. The molecule has 1 heterocycles. The lowest BCUT2D eigenvalue weighted by atomic mass is 9.95. The molecule has 1 aliphatic heterocycles. The monoisotopic (exact) mass is 344 g/mol. The van der Waals surface area contributed by atoms with Crippen LogP contribution in [0.25, 0.3) is 11.1 Å². The van der Waals surface area contributed by atoms with Gasteiger partial charge in [0.15, 0.2) is 0 Å². The van der Waals surface area contributed by atoms with E-state index >= 15 is 0 Å². The fourth-order valence-electron chi connectivity index (χ4n) is 3.40. The number of nitrogens with one attached hydrogen (secondary N) is 2. The number of aliphatic hydroxyl groups excluding tert-OH is 1. The van der Waals surface area contributed by atoms with Crippen molar-refractivity contribution in [3.05, 3.63) is 89.5 Å². The van der Waals surface area contributed by atoms with Gasteiger partial charge in [-0.1, -0.05) is 60.7 Å². The Morgan fingerprint density at radius 1 is 0.846 bits per heavy atom. The third kappa shape index (κ3) is 3.07. The van der Waals surface area contributed by atoms with Crippen LogP contribution in [-0.4, -0.2) is 17.6 Å². The Morgan fingerprint density at radius 3 is 2.42 bits per heavy atom. The molecule has 0 saturated carbocycles. The van der Waals surface area contributed by atoms with Gasteiger partial charge in [-0.2, -0.15) is 0 Å². The van der Waals surface area contributed by atoms with Crippen molar-refractivity contribution in [1.82, 2.24) is 5.32 Å². The number of para-hydroxylation sites is 1. The van der Waals surface area contributed by atoms with E-state index in [1.165, 1.54) is 0 Å². The first-order valence-corrected chi connectivity index (χ1v) is 8.72. The lowest BCUT2D eigenvalue weighted by molar-refractivity contribution is 0.0935. The zero-order chi connectivity index (χ0) is 17.9. The van der Waals surface area contributed by atoms with Gasteiger partial charge < -0.3 is 15.7 Å². The molecule has 3 N–H and O–H groups in total. The maximum absolute atomic E-state index is 12.4. The Hall–Kier alpha value is -3.11. The predicted octanol–water partition coefficient (Wildman–Crippen LogP) is 3.74. The van der Waals surface area contributed by atoms with Gasteiger partial charge in [-0.3, -0.25) is 4.79 Å². The smallest absolute Gasteiger partial charge is 0.255 e. The van der Waals surface area contributed by atoms with Gasteiger partial charge in [-0.05, 0) is 40.8 Å². The number of anilines is 1. The van der Waals surface area contributed by atoms with Gasteiger partial charge in [-0.15, -0.1) is 0 Å². The minimum absolute atomic E-state index is 0.0580. The highest BCUT2D eigenvalue weighted by molar-refractivity contribution is 6.01. The second kappa shape index (κ2) is 7.02. The predicted molar refractivity (Wildman–Crippen MR) is 103 cm³/mol. The fraction of sp³-hybridized carbons (Fsp3) is 0.136. The van der Waals surface area contributed by atoms with E-state index in [1.54, 1.807) is 6.07 Å². The molecule has 1 aliphatic rings. The molecule has 0 radical (unpaired) electrons. The topological polar surface area (TPSA) is 61.4 Å². The number of aliphatic hydroxyl groups is 1. The van der Waals surface area contributed by atoms with Crippen molar-refractivity contribution in [3.63, 3.8) is 0 Å². The van der Waals surface area contributed by atoms with Gasteiger partial charge in [-0.25, -0.2) is 0 Å². The first kappa shape index (κ1) is 16.4. The minimum atomic E-state index is -0.316. The van der Waals surface area contributed by atoms with Crippen molar-refractivity contribution in [3.8, 4) is 11.1 Å². The molecule has 26 heavy (non-hydrogen) atoms. The van der Waals surface area contributed by atoms with Gasteiger partial charge in [0.1, 0.15) is 6.17 Å².